The van der Waals surface area contributed by atoms with Gasteiger partial charge >= 0.3 is 0 Å². The van der Waals surface area contributed by atoms with Crippen LogP contribution in [0.25, 0.3) is 0 Å². The summed E-state index contributed by atoms with van der Waals surface area (Å²) in [4.78, 5) is 0. The van der Waals surface area contributed by atoms with Gasteiger partial charge < -0.3 is 5.73 Å². The topological polar surface area (TPSA) is 63.4 Å². The summed E-state index contributed by atoms with van der Waals surface area (Å²) in [6.07, 6.45) is 0.773. The van der Waals surface area contributed by atoms with E-state index in [2.05, 4.69) is 0 Å². The van der Waals surface area contributed by atoms with Gasteiger partial charge in [-0.25, -0.2) is 8.42 Å². The minimum Gasteiger partial charge on any atom is -0.399 e. The molecule has 0 saturated carbocycles. The van der Waals surface area contributed by atoms with Gasteiger partial charge in [0.05, 0.1) is 5.75 Å². The van der Waals surface area contributed by atoms with Crippen molar-refractivity contribution in [2.45, 2.75) is 19.9 Å². The normalized spacial score (nSPS) is 17.1. The predicted molar refractivity (Wildman–Crippen MR) is 64.4 cm³/mol. The molecule has 2 rings (SSSR count). The first-order valence-electron chi connectivity index (χ1n) is 5.38. The molecule has 0 bridgehead atoms. The standard InChI is InChI=1S/C11H16N2O2S/c1-2-16(14,15)13-6-5-9-3-4-11(12)7-10(9)8-13/h3-4,7H,2,5-6,8,12H2,1H3. The first-order valence-corrected chi connectivity index (χ1v) is 6.99. The van der Waals surface area contributed by atoms with Gasteiger partial charge in [-0.05, 0) is 36.6 Å². The molecule has 0 saturated heterocycles. The van der Waals surface area contributed by atoms with Crippen LogP contribution in [0.2, 0.25) is 0 Å². The summed E-state index contributed by atoms with van der Waals surface area (Å²) in [6.45, 7) is 2.70. The lowest BCUT2D eigenvalue weighted by atomic mass is 10.0. The second kappa shape index (κ2) is 4.07. The number of fused-ring (bicyclic) bond motifs is 1. The van der Waals surface area contributed by atoms with Gasteiger partial charge in [-0.1, -0.05) is 6.07 Å². The second-order valence-corrected chi connectivity index (χ2v) is 6.27. The van der Waals surface area contributed by atoms with Crippen molar-refractivity contribution in [2.75, 3.05) is 18.0 Å². The fourth-order valence-electron chi connectivity index (χ4n) is 1.97. The number of benzene rings is 1. The molecule has 0 atom stereocenters. The van der Waals surface area contributed by atoms with Gasteiger partial charge in [-0.15, -0.1) is 0 Å². The van der Waals surface area contributed by atoms with E-state index in [9.17, 15) is 8.42 Å². The molecule has 0 fully saturated rings. The molecular weight excluding hydrogens is 224 g/mol. The lowest BCUT2D eigenvalue weighted by Crippen LogP contribution is -2.36. The summed E-state index contributed by atoms with van der Waals surface area (Å²) in [7, 11) is -3.08. The van der Waals surface area contributed by atoms with Crippen molar-refractivity contribution in [3.63, 3.8) is 0 Å². The summed E-state index contributed by atoms with van der Waals surface area (Å²) in [6, 6.07) is 5.72. The Balaban J connectivity index is 2.30. The van der Waals surface area contributed by atoms with Gasteiger partial charge in [0.2, 0.25) is 10.0 Å². The van der Waals surface area contributed by atoms with Crippen LogP contribution in [0.3, 0.4) is 0 Å². The monoisotopic (exact) mass is 240 g/mol. The molecule has 1 aromatic rings. The number of nitrogen functional groups attached to an aromatic ring is 1. The SMILES string of the molecule is CCS(=O)(=O)N1CCc2ccc(N)cc2C1. The average Bonchev–Trinajstić information content (AvgIpc) is 2.28. The van der Waals surface area contributed by atoms with Crippen LogP contribution in [0, 0.1) is 0 Å². The number of hydrogen-bond donors (Lipinski definition) is 1. The third-order valence-corrected chi connectivity index (χ3v) is 4.79. The van der Waals surface area contributed by atoms with Crippen LogP contribution in [-0.2, 0) is 23.0 Å². The third kappa shape index (κ3) is 2.05. The van der Waals surface area contributed by atoms with Crippen molar-refractivity contribution in [1.29, 1.82) is 0 Å². The number of anilines is 1. The zero-order valence-electron chi connectivity index (χ0n) is 9.31. The highest BCUT2D eigenvalue weighted by atomic mass is 32.2. The predicted octanol–water partition coefficient (Wildman–Crippen LogP) is 0.977. The summed E-state index contributed by atoms with van der Waals surface area (Å²) < 4.78 is 25.0. The van der Waals surface area contributed by atoms with E-state index < -0.39 is 10.0 Å². The molecule has 1 heterocycles. The molecule has 0 aromatic heterocycles. The Morgan fingerprint density at radius 2 is 2.12 bits per heavy atom. The van der Waals surface area contributed by atoms with Crippen molar-refractivity contribution in [2.24, 2.45) is 0 Å². The molecule has 0 amide bonds. The molecular formula is C11H16N2O2S. The van der Waals surface area contributed by atoms with E-state index in [0.717, 1.165) is 12.0 Å². The maximum atomic E-state index is 11.7. The number of nitrogens with zero attached hydrogens (tertiary/aromatic N) is 1. The van der Waals surface area contributed by atoms with Crippen molar-refractivity contribution < 1.29 is 8.42 Å². The molecule has 16 heavy (non-hydrogen) atoms. The van der Waals surface area contributed by atoms with Gasteiger partial charge in [-0.3, -0.25) is 0 Å². The first-order chi connectivity index (χ1) is 7.53. The van der Waals surface area contributed by atoms with E-state index in [1.807, 2.05) is 18.2 Å². The van der Waals surface area contributed by atoms with Crippen LogP contribution in [0.4, 0.5) is 5.69 Å². The molecule has 1 aliphatic rings. The first kappa shape index (κ1) is 11.4. The van der Waals surface area contributed by atoms with Crippen LogP contribution in [0.15, 0.2) is 18.2 Å². The molecule has 0 radical (unpaired) electrons. The second-order valence-electron chi connectivity index (χ2n) is 4.01. The Morgan fingerprint density at radius 1 is 1.38 bits per heavy atom. The van der Waals surface area contributed by atoms with Gasteiger partial charge in [0.15, 0.2) is 0 Å². The Labute approximate surface area is 96.1 Å². The van der Waals surface area contributed by atoms with E-state index in [-0.39, 0.29) is 5.75 Å². The molecule has 88 valence electrons. The molecule has 5 heteroatoms. The van der Waals surface area contributed by atoms with E-state index >= 15 is 0 Å². The lowest BCUT2D eigenvalue weighted by Gasteiger charge is -2.27. The van der Waals surface area contributed by atoms with E-state index in [1.165, 1.54) is 9.87 Å². The third-order valence-electron chi connectivity index (χ3n) is 2.97. The van der Waals surface area contributed by atoms with Gasteiger partial charge in [0, 0.05) is 18.8 Å². The smallest absolute Gasteiger partial charge is 0.214 e. The Morgan fingerprint density at radius 3 is 2.81 bits per heavy atom. The van der Waals surface area contributed by atoms with Crippen molar-refractivity contribution in [1.82, 2.24) is 4.31 Å². The molecule has 0 unspecified atom stereocenters. The highest BCUT2D eigenvalue weighted by molar-refractivity contribution is 7.89. The van der Waals surface area contributed by atoms with E-state index in [1.54, 1.807) is 6.92 Å². The quantitative estimate of drug-likeness (QED) is 0.784. The number of sulfonamides is 1. The molecule has 4 nitrogen and oxygen atoms in total. The molecule has 0 spiro atoms. The maximum absolute atomic E-state index is 11.7. The zero-order valence-corrected chi connectivity index (χ0v) is 10.1. The highest BCUT2D eigenvalue weighted by Crippen LogP contribution is 2.23. The van der Waals surface area contributed by atoms with Gasteiger partial charge in [0.25, 0.3) is 0 Å². The van der Waals surface area contributed by atoms with Crippen molar-refractivity contribution in [3.05, 3.63) is 29.3 Å². The van der Waals surface area contributed by atoms with Gasteiger partial charge in [0.1, 0.15) is 0 Å². The minimum atomic E-state index is -3.08. The molecule has 2 N–H and O–H groups in total. The van der Waals surface area contributed by atoms with Gasteiger partial charge in [-0.2, -0.15) is 4.31 Å². The van der Waals surface area contributed by atoms with Crippen LogP contribution >= 0.6 is 0 Å². The summed E-state index contributed by atoms with van der Waals surface area (Å²) in [5.41, 5.74) is 8.63. The van der Waals surface area contributed by atoms with Crippen molar-refractivity contribution >= 4 is 15.7 Å². The van der Waals surface area contributed by atoms with Crippen LogP contribution in [0.1, 0.15) is 18.1 Å². The lowest BCUT2D eigenvalue weighted by molar-refractivity contribution is 0.392. The van der Waals surface area contributed by atoms with E-state index in [0.29, 0.717) is 18.8 Å². The number of nitrogens with two attached hydrogens (primary N) is 1. The maximum Gasteiger partial charge on any atom is 0.214 e. The fraction of sp³-hybridized carbons (Fsp3) is 0.455. The molecule has 1 aliphatic heterocycles. The molecule has 0 aliphatic carbocycles. The number of hydrogen-bond acceptors (Lipinski definition) is 3. The summed E-state index contributed by atoms with van der Waals surface area (Å²) >= 11 is 0. The molecule has 1 aromatic carbocycles. The summed E-state index contributed by atoms with van der Waals surface area (Å²) in [5, 5.41) is 0. The minimum absolute atomic E-state index is 0.157. The highest BCUT2D eigenvalue weighted by Gasteiger charge is 2.24. The number of rotatable bonds is 2. The fourth-order valence-corrected chi connectivity index (χ4v) is 3.04. The van der Waals surface area contributed by atoms with Crippen LogP contribution < -0.4 is 5.73 Å². The van der Waals surface area contributed by atoms with Crippen LogP contribution in [-0.4, -0.2) is 25.0 Å². The van der Waals surface area contributed by atoms with Crippen molar-refractivity contribution in [3.8, 4) is 0 Å². The summed E-state index contributed by atoms with van der Waals surface area (Å²) in [5.74, 6) is 0.157. The Kier molecular flexibility index (Phi) is 2.90. The van der Waals surface area contributed by atoms with E-state index in [4.69, 9.17) is 5.73 Å². The largest absolute Gasteiger partial charge is 0.399 e. The average molecular weight is 240 g/mol. The Hall–Kier alpha value is -1.07. The Bertz CT molecular complexity index is 497. The van der Waals surface area contributed by atoms with Crippen LogP contribution in [0.5, 0.6) is 0 Å². The zero-order chi connectivity index (χ0) is 11.8.